The smallest absolute Gasteiger partial charge is 0.122 e. The Hall–Kier alpha value is -0.770. The Balaban J connectivity index is 2.19. The highest BCUT2D eigenvalue weighted by atomic mass is 35.5. The fraction of sp³-hybridized carbons (Fsp3) is 0.625. The predicted molar refractivity (Wildman–Crippen MR) is 82.8 cm³/mol. The molecule has 1 aliphatic heterocycles. The van der Waals surface area contributed by atoms with Crippen molar-refractivity contribution in [1.82, 2.24) is 5.32 Å². The van der Waals surface area contributed by atoms with E-state index in [4.69, 9.17) is 21.1 Å². The first-order valence-corrected chi connectivity index (χ1v) is 7.60. The fourth-order valence-corrected chi connectivity index (χ4v) is 3.17. The minimum atomic E-state index is -0.125. The van der Waals surface area contributed by atoms with Crippen LogP contribution in [0.2, 0.25) is 5.02 Å². The minimum absolute atomic E-state index is 0.125. The summed E-state index contributed by atoms with van der Waals surface area (Å²) in [4.78, 5) is 0. The monoisotopic (exact) mass is 297 g/mol. The minimum Gasteiger partial charge on any atom is -0.496 e. The van der Waals surface area contributed by atoms with E-state index in [1.54, 1.807) is 7.11 Å². The van der Waals surface area contributed by atoms with Gasteiger partial charge in [-0.1, -0.05) is 11.6 Å². The zero-order valence-electron chi connectivity index (χ0n) is 12.5. The van der Waals surface area contributed by atoms with Crippen molar-refractivity contribution in [3.05, 3.63) is 28.8 Å². The van der Waals surface area contributed by atoms with Crippen LogP contribution in [0.4, 0.5) is 0 Å². The lowest BCUT2D eigenvalue weighted by Gasteiger charge is -2.40. The van der Waals surface area contributed by atoms with Crippen molar-refractivity contribution in [2.24, 2.45) is 0 Å². The number of nitrogens with one attached hydrogen (secondary N) is 1. The molecule has 0 aromatic heterocycles. The molecule has 3 nitrogen and oxygen atoms in total. The Morgan fingerprint density at radius 2 is 2.25 bits per heavy atom. The molecule has 2 atom stereocenters. The number of likely N-dealkylation sites (N-methyl/N-ethyl adjacent to an activating group) is 1. The summed E-state index contributed by atoms with van der Waals surface area (Å²) in [6.45, 7) is 3.05. The Morgan fingerprint density at radius 3 is 2.85 bits per heavy atom. The molecule has 0 aliphatic carbocycles. The molecular weight excluding hydrogens is 274 g/mol. The summed E-state index contributed by atoms with van der Waals surface area (Å²) >= 11 is 6.11. The number of halogens is 1. The quantitative estimate of drug-likeness (QED) is 0.903. The number of rotatable bonds is 5. The molecule has 1 heterocycles. The summed E-state index contributed by atoms with van der Waals surface area (Å²) in [5.74, 6) is 0.883. The summed E-state index contributed by atoms with van der Waals surface area (Å²) in [5, 5.41) is 4.15. The average molecular weight is 298 g/mol. The number of hydrogen-bond acceptors (Lipinski definition) is 3. The number of ether oxygens (including phenoxy) is 2. The van der Waals surface area contributed by atoms with Gasteiger partial charge < -0.3 is 14.8 Å². The molecule has 0 bridgehead atoms. The molecule has 112 valence electrons. The molecule has 0 spiro atoms. The second-order valence-electron chi connectivity index (χ2n) is 5.62. The Labute approximate surface area is 126 Å². The van der Waals surface area contributed by atoms with Crippen molar-refractivity contribution < 1.29 is 9.47 Å². The lowest BCUT2D eigenvalue weighted by Crippen LogP contribution is -2.52. The average Bonchev–Trinajstić information content (AvgIpc) is 2.45. The van der Waals surface area contributed by atoms with Crippen LogP contribution >= 0.6 is 11.6 Å². The second kappa shape index (κ2) is 6.79. The van der Waals surface area contributed by atoms with E-state index in [2.05, 4.69) is 12.2 Å². The van der Waals surface area contributed by atoms with E-state index < -0.39 is 0 Å². The van der Waals surface area contributed by atoms with Gasteiger partial charge in [-0.15, -0.1) is 0 Å². The first-order chi connectivity index (χ1) is 9.59. The van der Waals surface area contributed by atoms with Crippen LogP contribution in [0.5, 0.6) is 5.75 Å². The van der Waals surface area contributed by atoms with Crippen molar-refractivity contribution >= 4 is 11.6 Å². The summed E-state index contributed by atoms with van der Waals surface area (Å²) in [5.41, 5.74) is 0.995. The molecule has 1 aliphatic rings. The van der Waals surface area contributed by atoms with Crippen LogP contribution in [0.15, 0.2) is 18.2 Å². The summed E-state index contributed by atoms with van der Waals surface area (Å²) in [6.07, 6.45) is 4.31. The molecule has 1 saturated heterocycles. The molecule has 1 aromatic carbocycles. The molecular formula is C16H24ClNO2. The first-order valence-electron chi connectivity index (χ1n) is 7.22. The topological polar surface area (TPSA) is 30.5 Å². The van der Waals surface area contributed by atoms with E-state index in [9.17, 15) is 0 Å². The Morgan fingerprint density at radius 1 is 1.45 bits per heavy atom. The van der Waals surface area contributed by atoms with Crippen molar-refractivity contribution in [3.63, 3.8) is 0 Å². The number of benzene rings is 1. The standard InChI is InChI=1S/C16H24ClNO2/c1-16(8-4-5-9-20-16)15(18-2)11-12-10-13(17)6-7-14(12)19-3/h6-7,10,15,18H,4-5,8-9,11H2,1-3H3. The van der Waals surface area contributed by atoms with E-state index in [1.807, 2.05) is 25.2 Å². The van der Waals surface area contributed by atoms with Crippen LogP contribution in [-0.4, -0.2) is 32.4 Å². The van der Waals surface area contributed by atoms with Crippen LogP contribution < -0.4 is 10.1 Å². The van der Waals surface area contributed by atoms with Gasteiger partial charge in [0, 0.05) is 17.7 Å². The lowest BCUT2D eigenvalue weighted by atomic mass is 9.84. The van der Waals surface area contributed by atoms with E-state index in [1.165, 1.54) is 6.42 Å². The normalized spacial score (nSPS) is 24.4. The largest absolute Gasteiger partial charge is 0.496 e. The number of hydrogen-bond donors (Lipinski definition) is 1. The van der Waals surface area contributed by atoms with Crippen LogP contribution in [0.1, 0.15) is 31.7 Å². The molecule has 0 radical (unpaired) electrons. The maximum absolute atomic E-state index is 6.11. The summed E-state index contributed by atoms with van der Waals surface area (Å²) in [7, 11) is 3.69. The third kappa shape index (κ3) is 3.46. The van der Waals surface area contributed by atoms with Crippen LogP contribution in [0.3, 0.4) is 0 Å². The molecule has 4 heteroatoms. The van der Waals surface area contributed by atoms with E-state index in [0.29, 0.717) is 0 Å². The van der Waals surface area contributed by atoms with Gasteiger partial charge in [-0.2, -0.15) is 0 Å². The van der Waals surface area contributed by atoms with Crippen molar-refractivity contribution in [3.8, 4) is 5.75 Å². The summed E-state index contributed by atoms with van der Waals surface area (Å²) < 4.78 is 11.5. The zero-order chi connectivity index (χ0) is 14.6. The van der Waals surface area contributed by atoms with Gasteiger partial charge in [-0.25, -0.2) is 0 Å². The van der Waals surface area contributed by atoms with Crippen LogP contribution in [0.25, 0.3) is 0 Å². The zero-order valence-corrected chi connectivity index (χ0v) is 13.3. The molecule has 2 unspecified atom stereocenters. The second-order valence-corrected chi connectivity index (χ2v) is 6.06. The predicted octanol–water partition coefficient (Wildman–Crippen LogP) is 3.44. The van der Waals surface area contributed by atoms with Gasteiger partial charge in [0.2, 0.25) is 0 Å². The van der Waals surface area contributed by atoms with Gasteiger partial charge in [-0.3, -0.25) is 0 Å². The molecule has 1 aromatic rings. The highest BCUT2D eigenvalue weighted by Gasteiger charge is 2.36. The molecule has 0 amide bonds. The van der Waals surface area contributed by atoms with E-state index in [0.717, 1.165) is 42.2 Å². The maximum atomic E-state index is 6.11. The first kappa shape index (κ1) is 15.6. The lowest BCUT2D eigenvalue weighted by molar-refractivity contribution is -0.0871. The SMILES string of the molecule is CNC(Cc1cc(Cl)ccc1OC)C1(C)CCCCO1. The third-order valence-electron chi connectivity index (χ3n) is 4.25. The number of methoxy groups -OCH3 is 1. The van der Waals surface area contributed by atoms with Gasteiger partial charge in [0.25, 0.3) is 0 Å². The molecule has 20 heavy (non-hydrogen) atoms. The van der Waals surface area contributed by atoms with Gasteiger partial charge in [0.15, 0.2) is 0 Å². The van der Waals surface area contributed by atoms with Crippen molar-refractivity contribution in [2.75, 3.05) is 20.8 Å². The van der Waals surface area contributed by atoms with E-state index >= 15 is 0 Å². The summed E-state index contributed by atoms with van der Waals surface area (Å²) in [6, 6.07) is 6.01. The molecule has 2 rings (SSSR count). The van der Waals surface area contributed by atoms with Crippen LogP contribution in [-0.2, 0) is 11.2 Å². The van der Waals surface area contributed by atoms with Gasteiger partial charge in [-0.05, 0) is 63.4 Å². The molecule has 1 fully saturated rings. The highest BCUT2D eigenvalue weighted by molar-refractivity contribution is 6.30. The highest BCUT2D eigenvalue weighted by Crippen LogP contribution is 2.32. The Bertz CT molecular complexity index is 444. The van der Waals surface area contributed by atoms with Crippen LogP contribution in [0, 0.1) is 0 Å². The molecule has 0 saturated carbocycles. The van der Waals surface area contributed by atoms with Gasteiger partial charge in [0.05, 0.1) is 12.7 Å². The fourth-order valence-electron chi connectivity index (χ4n) is 2.98. The van der Waals surface area contributed by atoms with Gasteiger partial charge in [0.1, 0.15) is 5.75 Å². The maximum Gasteiger partial charge on any atom is 0.122 e. The molecule has 1 N–H and O–H groups in total. The van der Waals surface area contributed by atoms with Gasteiger partial charge >= 0.3 is 0 Å². The van der Waals surface area contributed by atoms with E-state index in [-0.39, 0.29) is 11.6 Å². The Kier molecular flexibility index (Phi) is 5.30. The van der Waals surface area contributed by atoms with Crippen molar-refractivity contribution in [2.45, 2.75) is 44.2 Å². The third-order valence-corrected chi connectivity index (χ3v) is 4.49. The van der Waals surface area contributed by atoms with Crippen molar-refractivity contribution in [1.29, 1.82) is 0 Å².